The quantitative estimate of drug-likeness (QED) is 0.478. The van der Waals surface area contributed by atoms with Gasteiger partial charge in [-0.1, -0.05) is 54.6 Å². The van der Waals surface area contributed by atoms with Crippen LogP contribution in [0.4, 0.5) is 4.79 Å². The molecule has 0 saturated heterocycles. The van der Waals surface area contributed by atoms with Gasteiger partial charge in [-0.05, 0) is 29.2 Å². The first-order chi connectivity index (χ1) is 15.9. The molecule has 8 nitrogen and oxygen atoms in total. The fourth-order valence-corrected chi connectivity index (χ4v) is 3.81. The molecular weight excluding hydrogens is 424 g/mol. The van der Waals surface area contributed by atoms with Gasteiger partial charge >= 0.3 is 12.1 Å². The van der Waals surface area contributed by atoms with Crippen molar-refractivity contribution in [1.82, 2.24) is 10.6 Å². The van der Waals surface area contributed by atoms with E-state index in [1.54, 1.807) is 13.0 Å². The lowest BCUT2D eigenvalue weighted by atomic mass is 9.98. The Morgan fingerprint density at radius 3 is 2.21 bits per heavy atom. The molecular formula is C25H28N2O6. The number of alkyl carbamates (subject to hydrolysis) is 1. The largest absolute Gasteiger partial charge is 0.481 e. The molecule has 0 heterocycles. The number of nitrogens with one attached hydrogen (secondary N) is 2. The number of methoxy groups -OCH3 is 1. The number of hydrogen-bond acceptors (Lipinski definition) is 5. The predicted molar refractivity (Wildman–Crippen MR) is 123 cm³/mol. The standard InChI is InChI=1S/C25H28N2O6/c1-16(24(30)27-14-17(32-2)13-23(28)29)11-12-26-25(31)33-15-22-20-9-5-3-7-18(20)19-8-4-6-10-21(19)22/h3-11,17,22H,12-15H2,1-2H3,(H,26,31)(H,27,30)(H,28,29)/b16-11+. The lowest BCUT2D eigenvalue weighted by Crippen LogP contribution is -2.35. The first kappa shape index (κ1) is 24.0. The fraction of sp³-hybridized carbons (Fsp3) is 0.320. The highest BCUT2D eigenvalue weighted by molar-refractivity contribution is 5.92. The molecule has 0 radical (unpaired) electrons. The van der Waals surface area contributed by atoms with E-state index in [4.69, 9.17) is 14.6 Å². The van der Waals surface area contributed by atoms with Crippen molar-refractivity contribution < 1.29 is 29.0 Å². The molecule has 2 aromatic carbocycles. The topological polar surface area (TPSA) is 114 Å². The van der Waals surface area contributed by atoms with Gasteiger partial charge in [0.1, 0.15) is 6.61 Å². The monoisotopic (exact) mass is 452 g/mol. The summed E-state index contributed by atoms with van der Waals surface area (Å²) in [5, 5.41) is 14.1. The highest BCUT2D eigenvalue weighted by Gasteiger charge is 2.28. The molecule has 0 spiro atoms. The molecule has 3 N–H and O–H groups in total. The fourth-order valence-electron chi connectivity index (χ4n) is 3.81. The van der Waals surface area contributed by atoms with Crippen molar-refractivity contribution in [2.45, 2.75) is 25.4 Å². The van der Waals surface area contributed by atoms with Gasteiger partial charge in [-0.3, -0.25) is 9.59 Å². The van der Waals surface area contributed by atoms with Gasteiger partial charge in [0, 0.05) is 31.7 Å². The van der Waals surface area contributed by atoms with E-state index in [1.807, 2.05) is 24.3 Å². The number of aliphatic carboxylic acids is 1. The van der Waals surface area contributed by atoms with Crippen molar-refractivity contribution >= 4 is 18.0 Å². The van der Waals surface area contributed by atoms with Crippen LogP contribution in [-0.2, 0) is 19.1 Å². The van der Waals surface area contributed by atoms with Crippen molar-refractivity contribution in [3.63, 3.8) is 0 Å². The summed E-state index contributed by atoms with van der Waals surface area (Å²) in [6.07, 6.45) is 0.180. The number of carbonyl (C=O) groups excluding carboxylic acids is 2. The second-order valence-corrected chi connectivity index (χ2v) is 7.76. The number of hydrogen-bond donors (Lipinski definition) is 3. The van der Waals surface area contributed by atoms with Gasteiger partial charge in [0.2, 0.25) is 5.91 Å². The summed E-state index contributed by atoms with van der Waals surface area (Å²) in [4.78, 5) is 35.1. The number of carbonyl (C=O) groups is 3. The van der Waals surface area contributed by atoms with Crippen LogP contribution in [0.1, 0.15) is 30.4 Å². The Labute approximate surface area is 192 Å². The lowest BCUT2D eigenvalue weighted by Gasteiger charge is -2.15. The molecule has 2 amide bonds. The number of ether oxygens (including phenoxy) is 2. The average molecular weight is 453 g/mol. The van der Waals surface area contributed by atoms with Crippen LogP contribution in [0.3, 0.4) is 0 Å². The van der Waals surface area contributed by atoms with Crippen LogP contribution in [-0.4, -0.2) is 56.0 Å². The van der Waals surface area contributed by atoms with E-state index in [1.165, 1.54) is 7.11 Å². The zero-order chi connectivity index (χ0) is 23.8. The van der Waals surface area contributed by atoms with E-state index in [-0.39, 0.29) is 37.9 Å². The third-order valence-electron chi connectivity index (χ3n) is 5.58. The first-order valence-corrected chi connectivity index (χ1v) is 10.7. The summed E-state index contributed by atoms with van der Waals surface area (Å²) in [7, 11) is 1.39. The first-order valence-electron chi connectivity index (χ1n) is 10.7. The van der Waals surface area contributed by atoms with Crippen LogP contribution in [0.5, 0.6) is 0 Å². The van der Waals surface area contributed by atoms with E-state index in [0.717, 1.165) is 22.3 Å². The van der Waals surface area contributed by atoms with Gasteiger partial charge in [-0.2, -0.15) is 0 Å². The van der Waals surface area contributed by atoms with E-state index >= 15 is 0 Å². The van der Waals surface area contributed by atoms with Gasteiger partial charge in [0.05, 0.1) is 12.5 Å². The maximum absolute atomic E-state index is 12.2. The summed E-state index contributed by atoms with van der Waals surface area (Å²) in [5.41, 5.74) is 4.97. The van der Waals surface area contributed by atoms with Gasteiger partial charge in [0.15, 0.2) is 0 Å². The zero-order valence-corrected chi connectivity index (χ0v) is 18.7. The van der Waals surface area contributed by atoms with E-state index in [0.29, 0.717) is 5.57 Å². The predicted octanol–water partition coefficient (Wildman–Crippen LogP) is 3.08. The molecule has 2 aromatic rings. The van der Waals surface area contributed by atoms with Crippen LogP contribution in [0, 0.1) is 0 Å². The number of amides is 2. The summed E-state index contributed by atoms with van der Waals surface area (Å²) in [5.74, 6) is -1.39. The van der Waals surface area contributed by atoms with E-state index in [2.05, 4.69) is 34.9 Å². The second-order valence-electron chi connectivity index (χ2n) is 7.76. The highest BCUT2D eigenvalue weighted by Crippen LogP contribution is 2.44. The van der Waals surface area contributed by atoms with E-state index in [9.17, 15) is 14.4 Å². The molecule has 33 heavy (non-hydrogen) atoms. The third kappa shape index (κ3) is 6.20. The number of benzene rings is 2. The smallest absolute Gasteiger partial charge is 0.407 e. The molecule has 1 aliphatic rings. The zero-order valence-electron chi connectivity index (χ0n) is 18.7. The molecule has 8 heteroatoms. The van der Waals surface area contributed by atoms with Crippen molar-refractivity contribution in [3.8, 4) is 11.1 Å². The van der Waals surface area contributed by atoms with Gasteiger partial charge in [-0.15, -0.1) is 0 Å². The minimum Gasteiger partial charge on any atom is -0.481 e. The van der Waals surface area contributed by atoms with Gasteiger partial charge in [0.25, 0.3) is 0 Å². The normalized spacial score (nSPS) is 13.6. The molecule has 1 aliphatic carbocycles. The molecule has 174 valence electrons. The Balaban J connectivity index is 1.46. The average Bonchev–Trinajstić information content (AvgIpc) is 3.13. The Kier molecular flexibility index (Phi) is 8.21. The number of fused-ring (bicyclic) bond motifs is 3. The molecule has 3 rings (SSSR count). The third-order valence-corrected chi connectivity index (χ3v) is 5.58. The Bertz CT molecular complexity index is 1000. The van der Waals surface area contributed by atoms with Crippen molar-refractivity contribution in [1.29, 1.82) is 0 Å². The van der Waals surface area contributed by atoms with Crippen LogP contribution in [0.15, 0.2) is 60.2 Å². The van der Waals surface area contributed by atoms with Crippen LogP contribution in [0.2, 0.25) is 0 Å². The van der Waals surface area contributed by atoms with Crippen LogP contribution >= 0.6 is 0 Å². The van der Waals surface area contributed by atoms with Gasteiger partial charge < -0.3 is 25.2 Å². The Morgan fingerprint density at radius 2 is 1.64 bits per heavy atom. The number of carboxylic acids is 1. The summed E-state index contributed by atoms with van der Waals surface area (Å²) < 4.78 is 10.5. The molecule has 1 atom stereocenters. The summed E-state index contributed by atoms with van der Waals surface area (Å²) >= 11 is 0. The SMILES string of the molecule is COC(CNC(=O)/C(C)=C/CNC(=O)OCC1c2ccccc2-c2ccccc21)CC(=O)O. The van der Waals surface area contributed by atoms with E-state index < -0.39 is 18.2 Å². The second kappa shape index (κ2) is 11.3. The number of rotatable bonds is 10. The lowest BCUT2D eigenvalue weighted by molar-refractivity contribution is -0.140. The van der Waals surface area contributed by atoms with Gasteiger partial charge in [-0.25, -0.2) is 4.79 Å². The maximum atomic E-state index is 12.2. The molecule has 0 fully saturated rings. The molecule has 0 aliphatic heterocycles. The van der Waals surface area contributed by atoms with Crippen molar-refractivity contribution in [2.24, 2.45) is 0 Å². The summed E-state index contributed by atoms with van der Waals surface area (Å²) in [6, 6.07) is 16.2. The minimum atomic E-state index is -1.00. The minimum absolute atomic E-state index is 0.0225. The molecule has 0 saturated carbocycles. The Hall–Kier alpha value is -3.65. The number of carboxylic acid groups (broad SMARTS) is 1. The summed E-state index contributed by atoms with van der Waals surface area (Å²) in [6.45, 7) is 2.02. The van der Waals surface area contributed by atoms with Crippen LogP contribution in [0.25, 0.3) is 11.1 Å². The molecule has 0 bridgehead atoms. The maximum Gasteiger partial charge on any atom is 0.407 e. The van der Waals surface area contributed by atoms with Crippen LogP contribution < -0.4 is 10.6 Å². The van der Waals surface area contributed by atoms with Crippen molar-refractivity contribution in [3.05, 3.63) is 71.3 Å². The molecule has 1 unspecified atom stereocenters. The van der Waals surface area contributed by atoms with Crippen molar-refractivity contribution in [2.75, 3.05) is 26.8 Å². The molecule has 0 aromatic heterocycles. The highest BCUT2D eigenvalue weighted by atomic mass is 16.5. The Morgan fingerprint density at radius 1 is 1.03 bits per heavy atom.